The molecule has 1 unspecified atom stereocenters. The lowest BCUT2D eigenvalue weighted by Gasteiger charge is -2.40. The molecule has 2 aromatic heterocycles. The summed E-state index contributed by atoms with van der Waals surface area (Å²) in [5.41, 5.74) is 26.9. The molecule has 3 aliphatic rings. The van der Waals surface area contributed by atoms with Crippen molar-refractivity contribution >= 4 is 71.4 Å². The van der Waals surface area contributed by atoms with Crippen LogP contribution in [0.3, 0.4) is 0 Å². The Morgan fingerprint density at radius 1 is 0.264 bits per heavy atom. The smallest absolute Gasteiger partial charge is 0.0755 e. The summed E-state index contributed by atoms with van der Waals surface area (Å²) in [7, 11) is 0. The first-order valence-electron chi connectivity index (χ1n) is 30.3. The number of aromatic nitrogens is 2. The normalized spacial score (nSPS) is 14.8. The van der Waals surface area contributed by atoms with E-state index in [0.29, 0.717) is 0 Å². The fraction of sp³-hybridized carbons (Fsp3) is 0.0238. The summed E-state index contributed by atoms with van der Waals surface area (Å²) in [4.78, 5) is 2.58. The lowest BCUT2D eigenvalue weighted by atomic mass is 9.65. The third-order valence-electron chi connectivity index (χ3n) is 19.8. The predicted molar refractivity (Wildman–Crippen MR) is 361 cm³/mol. The Morgan fingerprint density at radius 3 is 1.52 bits per heavy atom. The van der Waals surface area contributed by atoms with Crippen molar-refractivity contribution in [2.75, 3.05) is 4.90 Å². The van der Waals surface area contributed by atoms with E-state index in [1.165, 1.54) is 132 Å². The Balaban J connectivity index is 0.887. The molecule has 2 aliphatic carbocycles. The molecule has 3 heteroatoms. The highest BCUT2D eigenvalue weighted by atomic mass is 15.1. The second-order valence-electron chi connectivity index (χ2n) is 23.8. The fourth-order valence-corrected chi connectivity index (χ4v) is 16.4. The van der Waals surface area contributed by atoms with E-state index in [1.807, 2.05) is 0 Å². The van der Waals surface area contributed by atoms with Crippen molar-refractivity contribution in [2.45, 2.75) is 10.8 Å². The van der Waals surface area contributed by atoms with Crippen LogP contribution in [-0.2, 0) is 10.8 Å². The van der Waals surface area contributed by atoms with Crippen LogP contribution in [-0.4, -0.2) is 9.13 Å². The number of hydrogen-bond acceptors (Lipinski definition) is 1. The van der Waals surface area contributed by atoms with Gasteiger partial charge in [0.15, 0.2) is 0 Å². The standard InChI is InChI=1S/C84H53N3/c1-4-23-56(24-5-1)83(57-25-6-2-7-26-57)71-37-17-13-34-68(71)81-66-33-11-10-30-63(66)80(53-75(81)83)85(59-46-43-54(44-47-59)55-45-50-78-69(51-55)65-32-15-19-40-76(65)86(78)58-27-8-3-9-28-58)60-48-49-62-61-29-12-16-36-70(61)84(74(62)52-60)72-38-18-21-42-79(72)87-77-41-20-14-31-64(77)67-35-22-39-73(84)82(67)87/h1-53H. The Hall–Kier alpha value is -11.3. The van der Waals surface area contributed by atoms with E-state index in [4.69, 9.17) is 0 Å². The molecular weight excluding hydrogens is 1050 g/mol. The van der Waals surface area contributed by atoms with Gasteiger partial charge in [-0.3, -0.25) is 0 Å². The monoisotopic (exact) mass is 1100 g/mol. The minimum atomic E-state index is -0.641. The SMILES string of the molecule is c1ccc(-n2c3ccccc3c3cc(-c4ccc(N(c5ccc6c(c5)C5(c7ccccc7-6)c6ccccc6-n6c7ccccc7c7cccc5c76)c5cc6c(c7ccccc57)-c5ccccc5C6(c5ccccc5)c5ccccc5)cc4)ccc32)cc1. The number of benzene rings is 14. The maximum atomic E-state index is 2.58. The average Bonchev–Trinajstić information content (AvgIpc) is 1.58. The molecule has 0 bridgehead atoms. The minimum Gasteiger partial charge on any atom is -0.310 e. The van der Waals surface area contributed by atoms with Gasteiger partial charge in [-0.1, -0.05) is 249 Å². The molecule has 14 aromatic carbocycles. The molecule has 3 heterocycles. The minimum absolute atomic E-state index is 0.627. The van der Waals surface area contributed by atoms with E-state index >= 15 is 0 Å². The van der Waals surface area contributed by atoms with Gasteiger partial charge in [0.25, 0.3) is 0 Å². The van der Waals surface area contributed by atoms with Gasteiger partial charge in [-0.25, -0.2) is 0 Å². The predicted octanol–water partition coefficient (Wildman–Crippen LogP) is 21.2. The summed E-state index contributed by atoms with van der Waals surface area (Å²) in [6.07, 6.45) is 0. The van der Waals surface area contributed by atoms with Crippen LogP contribution in [0.4, 0.5) is 17.1 Å². The molecule has 0 radical (unpaired) electrons. The molecule has 0 N–H and O–H groups in total. The van der Waals surface area contributed by atoms with E-state index in [0.717, 1.165) is 28.3 Å². The maximum Gasteiger partial charge on any atom is 0.0755 e. The van der Waals surface area contributed by atoms with E-state index in [2.05, 4.69) is 336 Å². The van der Waals surface area contributed by atoms with Crippen molar-refractivity contribution in [2.24, 2.45) is 0 Å². The van der Waals surface area contributed by atoms with Crippen LogP contribution < -0.4 is 4.90 Å². The van der Waals surface area contributed by atoms with Crippen molar-refractivity contribution in [3.05, 3.63) is 366 Å². The first kappa shape index (κ1) is 48.1. The Labute approximate surface area is 504 Å². The topological polar surface area (TPSA) is 13.1 Å². The summed E-state index contributed by atoms with van der Waals surface area (Å²) >= 11 is 0. The van der Waals surface area contributed by atoms with Gasteiger partial charge in [0.1, 0.15) is 0 Å². The Morgan fingerprint density at radius 2 is 0.782 bits per heavy atom. The number of fused-ring (bicyclic) bond motifs is 20. The van der Waals surface area contributed by atoms with Crippen molar-refractivity contribution in [1.82, 2.24) is 9.13 Å². The molecule has 1 atom stereocenters. The molecule has 1 aliphatic heterocycles. The fourth-order valence-electron chi connectivity index (χ4n) is 16.4. The van der Waals surface area contributed by atoms with Gasteiger partial charge in [-0.2, -0.15) is 0 Å². The highest BCUT2D eigenvalue weighted by Gasteiger charge is 2.52. The summed E-state index contributed by atoms with van der Waals surface area (Å²) in [6.45, 7) is 0. The Kier molecular flexibility index (Phi) is 10.0. The van der Waals surface area contributed by atoms with E-state index in [9.17, 15) is 0 Å². The molecule has 0 saturated carbocycles. The van der Waals surface area contributed by atoms with Crippen LogP contribution in [0.5, 0.6) is 0 Å². The van der Waals surface area contributed by atoms with E-state index < -0.39 is 10.8 Å². The first-order valence-corrected chi connectivity index (χ1v) is 30.3. The van der Waals surface area contributed by atoms with Crippen molar-refractivity contribution in [1.29, 1.82) is 0 Å². The third kappa shape index (κ3) is 6.39. The van der Waals surface area contributed by atoms with E-state index in [1.54, 1.807) is 0 Å². The largest absolute Gasteiger partial charge is 0.310 e. The van der Waals surface area contributed by atoms with Crippen LogP contribution in [0.2, 0.25) is 0 Å². The van der Waals surface area contributed by atoms with Gasteiger partial charge in [-0.05, 0) is 156 Å². The number of anilines is 3. The summed E-state index contributed by atoms with van der Waals surface area (Å²) in [5.74, 6) is 0. The van der Waals surface area contributed by atoms with Gasteiger partial charge >= 0.3 is 0 Å². The number of hydrogen-bond donors (Lipinski definition) is 0. The molecule has 1 spiro atoms. The number of para-hydroxylation sites is 5. The highest BCUT2D eigenvalue weighted by molar-refractivity contribution is 6.15. The van der Waals surface area contributed by atoms with Gasteiger partial charge in [-0.15, -0.1) is 0 Å². The third-order valence-corrected chi connectivity index (χ3v) is 19.8. The lowest BCUT2D eigenvalue weighted by Crippen LogP contribution is -2.33. The molecule has 16 aromatic rings. The molecule has 404 valence electrons. The van der Waals surface area contributed by atoms with Crippen LogP contribution in [0.1, 0.15) is 44.5 Å². The lowest BCUT2D eigenvalue weighted by molar-refractivity contribution is 0.748. The first-order chi connectivity index (χ1) is 43.2. The molecule has 0 amide bonds. The zero-order valence-electron chi connectivity index (χ0n) is 47.4. The van der Waals surface area contributed by atoms with Gasteiger partial charge < -0.3 is 14.0 Å². The summed E-state index contributed by atoms with van der Waals surface area (Å²) in [5, 5.41) is 7.42. The van der Waals surface area contributed by atoms with Crippen molar-refractivity contribution in [3.8, 4) is 44.8 Å². The molecule has 3 nitrogen and oxygen atoms in total. The van der Waals surface area contributed by atoms with Crippen LogP contribution >= 0.6 is 0 Å². The highest BCUT2D eigenvalue weighted by Crippen LogP contribution is 2.63. The zero-order chi connectivity index (χ0) is 57.0. The maximum absolute atomic E-state index is 2.58. The van der Waals surface area contributed by atoms with Crippen molar-refractivity contribution in [3.63, 3.8) is 0 Å². The number of nitrogens with zero attached hydrogens (tertiary/aromatic N) is 3. The van der Waals surface area contributed by atoms with Gasteiger partial charge in [0.2, 0.25) is 0 Å². The summed E-state index contributed by atoms with van der Waals surface area (Å²) in [6, 6.07) is 121. The molecule has 19 rings (SSSR count). The van der Waals surface area contributed by atoms with Crippen molar-refractivity contribution < 1.29 is 0 Å². The number of rotatable bonds is 7. The zero-order valence-corrected chi connectivity index (χ0v) is 47.4. The van der Waals surface area contributed by atoms with Gasteiger partial charge in [0, 0.05) is 44.0 Å². The molecule has 0 fully saturated rings. The Bertz CT molecular complexity index is 5480. The van der Waals surface area contributed by atoms with Gasteiger partial charge in [0.05, 0.1) is 44.3 Å². The second kappa shape index (κ2) is 18.1. The quantitative estimate of drug-likeness (QED) is 0.155. The van der Waals surface area contributed by atoms with Crippen LogP contribution in [0.25, 0.3) is 99.1 Å². The molecular formula is C84H53N3. The van der Waals surface area contributed by atoms with Crippen LogP contribution in [0, 0.1) is 0 Å². The second-order valence-corrected chi connectivity index (χ2v) is 23.8. The molecule has 87 heavy (non-hydrogen) atoms. The summed E-state index contributed by atoms with van der Waals surface area (Å²) < 4.78 is 4.93. The average molecular weight is 1100 g/mol. The molecule has 0 saturated heterocycles. The van der Waals surface area contributed by atoms with E-state index in [-0.39, 0.29) is 0 Å². The van der Waals surface area contributed by atoms with Crippen LogP contribution in [0.15, 0.2) is 322 Å².